The first-order valence-corrected chi connectivity index (χ1v) is 12.2. The monoisotopic (exact) mass is 527 g/mol. The summed E-state index contributed by atoms with van der Waals surface area (Å²) >= 11 is 3.79. The summed E-state index contributed by atoms with van der Waals surface area (Å²) in [5.41, 5.74) is 6.93. The topological polar surface area (TPSA) is 114 Å². The van der Waals surface area contributed by atoms with Gasteiger partial charge in [0.1, 0.15) is 4.60 Å². The van der Waals surface area contributed by atoms with Gasteiger partial charge in [0, 0.05) is 17.1 Å². The van der Waals surface area contributed by atoms with E-state index in [1.807, 2.05) is 35.1 Å². The lowest BCUT2D eigenvalue weighted by Crippen LogP contribution is -2.10. The van der Waals surface area contributed by atoms with Gasteiger partial charge in [-0.3, -0.25) is 0 Å². The number of para-hydroxylation sites is 1. The number of benzene rings is 2. The van der Waals surface area contributed by atoms with Crippen molar-refractivity contribution in [2.24, 2.45) is 5.92 Å². The molecule has 0 fully saturated rings. The Hall–Kier alpha value is -3.92. The molecule has 2 N–H and O–H groups in total. The molecule has 10 heteroatoms. The maximum absolute atomic E-state index is 4.85. The number of rotatable bonds is 6. The molecule has 0 spiro atoms. The Morgan fingerprint density at radius 1 is 1.06 bits per heavy atom. The fraction of sp³-hybridized carbons (Fsp3) is 0.200. The second-order valence-corrected chi connectivity index (χ2v) is 9.53. The van der Waals surface area contributed by atoms with Crippen LogP contribution >= 0.6 is 15.9 Å². The van der Waals surface area contributed by atoms with Crippen molar-refractivity contribution in [2.45, 2.75) is 26.2 Å². The van der Waals surface area contributed by atoms with Crippen molar-refractivity contribution in [3.8, 4) is 17.1 Å². The number of fused-ring (bicyclic) bond motifs is 2. The first-order valence-electron chi connectivity index (χ1n) is 11.4. The zero-order chi connectivity index (χ0) is 23.9. The van der Waals surface area contributed by atoms with Crippen LogP contribution in [0.15, 0.2) is 65.7 Å². The van der Waals surface area contributed by atoms with Crippen LogP contribution < -0.4 is 0 Å². The van der Waals surface area contributed by atoms with Crippen molar-refractivity contribution >= 4 is 38.0 Å². The second kappa shape index (κ2) is 8.70. The first-order chi connectivity index (χ1) is 17.1. The molecule has 0 aliphatic rings. The highest BCUT2D eigenvalue weighted by Gasteiger charge is 2.20. The highest BCUT2D eigenvalue weighted by molar-refractivity contribution is 9.10. The molecule has 0 radical (unpaired) electrons. The summed E-state index contributed by atoms with van der Waals surface area (Å²) in [6.07, 6.45) is 4.48. The van der Waals surface area contributed by atoms with Gasteiger partial charge in [-0.15, -0.1) is 10.2 Å². The summed E-state index contributed by atoms with van der Waals surface area (Å²) in [7, 11) is 0. The zero-order valence-corrected chi connectivity index (χ0v) is 20.7. The molecule has 9 nitrogen and oxygen atoms in total. The molecule has 0 saturated carbocycles. The number of tetrazole rings is 1. The molecule has 6 rings (SSSR count). The summed E-state index contributed by atoms with van der Waals surface area (Å²) in [6.45, 7) is 4.55. The summed E-state index contributed by atoms with van der Waals surface area (Å²) in [6, 6.07) is 16.4. The van der Waals surface area contributed by atoms with Crippen LogP contribution in [0.5, 0.6) is 0 Å². The number of hydrogen-bond acceptors (Lipinski definition) is 6. The van der Waals surface area contributed by atoms with E-state index < -0.39 is 0 Å². The van der Waals surface area contributed by atoms with Crippen LogP contribution in [-0.2, 0) is 6.42 Å². The maximum Gasteiger partial charge on any atom is 0.206 e. The molecule has 4 heterocycles. The van der Waals surface area contributed by atoms with E-state index in [0.29, 0.717) is 17.7 Å². The summed E-state index contributed by atoms with van der Waals surface area (Å²) in [5, 5.41) is 20.4. The van der Waals surface area contributed by atoms with Crippen LogP contribution in [0.1, 0.15) is 30.9 Å². The SMILES string of the molecule is CC(Cc1ccc2nn(-c3ccccc3-c3nn[nH]n3)c(Br)c2c1)C(C)c1ccnc2nc[nH]c12. The third-order valence-corrected chi connectivity index (χ3v) is 7.42. The van der Waals surface area contributed by atoms with E-state index in [9.17, 15) is 0 Å². The number of hydrogen-bond donors (Lipinski definition) is 2. The van der Waals surface area contributed by atoms with E-state index in [1.165, 1.54) is 11.1 Å². The van der Waals surface area contributed by atoms with Gasteiger partial charge in [0.25, 0.3) is 0 Å². The fourth-order valence-electron chi connectivity index (χ4n) is 4.61. The van der Waals surface area contributed by atoms with Crippen molar-refractivity contribution in [1.82, 2.24) is 45.4 Å². The number of H-pyrrole nitrogens is 2. The number of nitrogens with zero attached hydrogens (tertiary/aromatic N) is 7. The van der Waals surface area contributed by atoms with Gasteiger partial charge in [0.05, 0.1) is 23.0 Å². The van der Waals surface area contributed by atoms with Gasteiger partial charge in [-0.1, -0.05) is 32.0 Å². The van der Waals surface area contributed by atoms with Crippen LogP contribution in [-0.4, -0.2) is 45.4 Å². The van der Waals surface area contributed by atoms with Crippen molar-refractivity contribution in [2.75, 3.05) is 0 Å². The van der Waals surface area contributed by atoms with E-state index >= 15 is 0 Å². The van der Waals surface area contributed by atoms with Crippen LogP contribution in [0, 0.1) is 5.92 Å². The fourth-order valence-corrected chi connectivity index (χ4v) is 5.20. The van der Waals surface area contributed by atoms with Gasteiger partial charge in [-0.05, 0) is 80.9 Å². The summed E-state index contributed by atoms with van der Waals surface area (Å²) in [5.74, 6) is 1.27. The minimum absolute atomic E-state index is 0.338. The lowest BCUT2D eigenvalue weighted by molar-refractivity contribution is 0.487. The van der Waals surface area contributed by atoms with Gasteiger partial charge < -0.3 is 4.98 Å². The standard InChI is InChI=1S/C25H22BrN9/c1-14(15(2)17-9-10-27-25-22(17)28-13-29-25)11-16-7-8-20-19(12-16)23(26)35(32-20)21-6-4-3-5-18(21)24-30-33-34-31-24/h3-10,12-15H,11H2,1-2H3,(H,27,28,29)(H,30,31,33,34). The molecule has 0 amide bonds. The van der Waals surface area contributed by atoms with Crippen molar-refractivity contribution in [1.29, 1.82) is 0 Å². The third kappa shape index (κ3) is 3.79. The highest BCUT2D eigenvalue weighted by atomic mass is 79.9. The quantitative estimate of drug-likeness (QED) is 0.306. The van der Waals surface area contributed by atoms with Gasteiger partial charge in [-0.25, -0.2) is 14.6 Å². The number of aromatic nitrogens is 9. The average Bonchev–Trinajstić information content (AvgIpc) is 3.64. The minimum atomic E-state index is 0.338. The van der Waals surface area contributed by atoms with E-state index in [4.69, 9.17) is 5.10 Å². The predicted molar refractivity (Wildman–Crippen MR) is 137 cm³/mol. The van der Waals surface area contributed by atoms with Crippen molar-refractivity contribution in [3.63, 3.8) is 0 Å². The molecule has 6 aromatic rings. The lowest BCUT2D eigenvalue weighted by Gasteiger charge is -2.21. The summed E-state index contributed by atoms with van der Waals surface area (Å²) < 4.78 is 2.78. The number of imidazole rings is 1. The Bertz CT molecular complexity index is 1630. The molecule has 2 aromatic carbocycles. The van der Waals surface area contributed by atoms with Crippen LogP contribution in [0.3, 0.4) is 0 Å². The van der Waals surface area contributed by atoms with Gasteiger partial charge >= 0.3 is 0 Å². The Morgan fingerprint density at radius 2 is 1.94 bits per heavy atom. The molecular formula is C25H22BrN9. The molecule has 35 heavy (non-hydrogen) atoms. The first kappa shape index (κ1) is 21.6. The maximum atomic E-state index is 4.85. The van der Waals surface area contributed by atoms with E-state index in [1.54, 1.807) is 6.33 Å². The molecule has 174 valence electrons. The van der Waals surface area contributed by atoms with Crippen molar-refractivity contribution in [3.05, 3.63) is 76.8 Å². The third-order valence-electron chi connectivity index (χ3n) is 6.66. The van der Waals surface area contributed by atoms with Crippen molar-refractivity contribution < 1.29 is 0 Å². The average molecular weight is 528 g/mol. The smallest absolute Gasteiger partial charge is 0.206 e. The van der Waals surface area contributed by atoms with E-state index in [2.05, 4.69) is 89.6 Å². The molecule has 0 bridgehead atoms. The molecule has 2 atom stereocenters. The van der Waals surface area contributed by atoms with Gasteiger partial charge in [-0.2, -0.15) is 10.3 Å². The Labute approximate surface area is 209 Å². The Kier molecular flexibility index (Phi) is 5.37. The lowest BCUT2D eigenvalue weighted by atomic mass is 9.84. The molecule has 2 unspecified atom stereocenters. The molecular weight excluding hydrogens is 506 g/mol. The second-order valence-electron chi connectivity index (χ2n) is 8.78. The van der Waals surface area contributed by atoms with Gasteiger partial charge in [0.15, 0.2) is 5.65 Å². The predicted octanol–water partition coefficient (Wildman–Crippen LogP) is 5.22. The van der Waals surface area contributed by atoms with Crippen LogP contribution in [0.25, 0.3) is 39.1 Å². The van der Waals surface area contributed by atoms with E-state index in [0.717, 1.165) is 44.3 Å². The minimum Gasteiger partial charge on any atom is -0.343 e. The number of nitrogens with one attached hydrogen (secondary N) is 2. The molecule has 4 aromatic heterocycles. The molecule has 0 aliphatic carbocycles. The van der Waals surface area contributed by atoms with Crippen LogP contribution in [0.4, 0.5) is 0 Å². The van der Waals surface area contributed by atoms with Crippen LogP contribution in [0.2, 0.25) is 0 Å². The Morgan fingerprint density at radius 3 is 2.80 bits per heavy atom. The largest absolute Gasteiger partial charge is 0.343 e. The molecule has 0 saturated heterocycles. The number of aromatic amines is 2. The zero-order valence-electron chi connectivity index (χ0n) is 19.1. The number of pyridine rings is 1. The van der Waals surface area contributed by atoms with E-state index in [-0.39, 0.29) is 0 Å². The Balaban J connectivity index is 1.32. The number of halogens is 1. The van der Waals surface area contributed by atoms with Gasteiger partial charge in [0.2, 0.25) is 5.82 Å². The summed E-state index contributed by atoms with van der Waals surface area (Å²) in [4.78, 5) is 11.9. The highest BCUT2D eigenvalue weighted by Crippen LogP contribution is 2.34. The molecule has 0 aliphatic heterocycles. The normalized spacial score (nSPS) is 13.5.